The first-order valence-corrected chi connectivity index (χ1v) is 4.22. The van der Waals surface area contributed by atoms with Crippen LogP contribution in [0.25, 0.3) is 0 Å². The molecule has 0 aliphatic carbocycles. The van der Waals surface area contributed by atoms with Crippen molar-refractivity contribution < 1.29 is 12.7 Å². The summed E-state index contributed by atoms with van der Waals surface area (Å²) in [4.78, 5) is 0. The van der Waals surface area contributed by atoms with Gasteiger partial charge in [-0.2, -0.15) is 0 Å². The number of hydrogen-bond donors (Lipinski definition) is 1. The number of benzene rings is 1. The summed E-state index contributed by atoms with van der Waals surface area (Å²) in [5, 5.41) is 8.99. The summed E-state index contributed by atoms with van der Waals surface area (Å²) in [7, 11) is 0. The molecule has 1 aromatic carbocycles. The van der Waals surface area contributed by atoms with E-state index in [0.29, 0.717) is 0 Å². The van der Waals surface area contributed by atoms with E-state index in [0.717, 1.165) is 5.56 Å². The van der Waals surface area contributed by atoms with Crippen LogP contribution in [-0.4, -0.2) is 38.4 Å². The molecule has 0 fully saturated rings. The number of hydrogen-bond acceptors (Lipinski definition) is 3. The molecule has 1 rings (SSSR count). The summed E-state index contributed by atoms with van der Waals surface area (Å²) in [6, 6.07) is 6.62. The van der Waals surface area contributed by atoms with Crippen molar-refractivity contribution in [2.45, 2.75) is 6.29 Å². The number of phenolic OH excluding ortho intramolecular Hbond substituents is 1. The Kier molecular flexibility index (Phi) is 4.11. The van der Waals surface area contributed by atoms with Crippen LogP contribution in [0.4, 0.5) is 0 Å². The minimum Gasteiger partial charge on any atom is -0.508 e. The van der Waals surface area contributed by atoms with Gasteiger partial charge in [0.2, 0.25) is 0 Å². The first kappa shape index (κ1) is 10.1. The van der Waals surface area contributed by atoms with Crippen molar-refractivity contribution in [1.29, 1.82) is 0 Å². The van der Waals surface area contributed by atoms with Gasteiger partial charge >= 0.3 is 33.2 Å². The molecule has 0 aromatic heterocycles. The SMILES string of the molecule is Oc1ccc(C([O][Al])[O][Al])cc1. The van der Waals surface area contributed by atoms with Crippen LogP contribution in [-0.2, 0) is 7.58 Å². The lowest BCUT2D eigenvalue weighted by atomic mass is 10.2. The minimum atomic E-state index is -0.430. The maximum absolute atomic E-state index is 8.99. The Morgan fingerprint density at radius 2 is 1.58 bits per heavy atom. The molecule has 3 nitrogen and oxygen atoms in total. The fourth-order valence-corrected chi connectivity index (χ4v) is 1.39. The summed E-state index contributed by atoms with van der Waals surface area (Å²) >= 11 is 4.25. The fourth-order valence-electron chi connectivity index (χ4n) is 0.821. The van der Waals surface area contributed by atoms with E-state index < -0.39 is 6.29 Å². The zero-order valence-corrected chi connectivity index (χ0v) is 8.61. The van der Waals surface area contributed by atoms with Gasteiger partial charge in [0.1, 0.15) is 12.0 Å². The Labute approximate surface area is 87.8 Å². The highest BCUT2D eigenvalue weighted by molar-refractivity contribution is 5.99. The third-order valence-electron chi connectivity index (χ3n) is 1.41. The smallest absolute Gasteiger partial charge is 0.373 e. The average molecular weight is 192 g/mol. The molecule has 1 N–H and O–H groups in total. The molecule has 1 aromatic rings. The van der Waals surface area contributed by atoms with Gasteiger partial charge in [-0.3, -0.25) is 0 Å². The summed E-state index contributed by atoms with van der Waals surface area (Å²) in [6.45, 7) is 0. The lowest BCUT2D eigenvalue weighted by molar-refractivity contribution is 0.0181. The van der Waals surface area contributed by atoms with Gasteiger partial charge in [0.05, 0.1) is 0 Å². The quantitative estimate of drug-likeness (QED) is 0.562. The highest BCUT2D eigenvalue weighted by Gasteiger charge is 2.04. The van der Waals surface area contributed by atoms with Crippen LogP contribution in [0.3, 0.4) is 0 Å². The van der Waals surface area contributed by atoms with Crippen molar-refractivity contribution >= 4 is 33.2 Å². The molecule has 0 aliphatic rings. The zero-order chi connectivity index (χ0) is 8.97. The Morgan fingerprint density at radius 3 is 2.00 bits per heavy atom. The van der Waals surface area contributed by atoms with Crippen LogP contribution in [0.1, 0.15) is 11.9 Å². The molecule has 0 amide bonds. The van der Waals surface area contributed by atoms with Gasteiger partial charge in [-0.15, -0.1) is 0 Å². The van der Waals surface area contributed by atoms with Crippen molar-refractivity contribution in [3.63, 3.8) is 0 Å². The monoisotopic (exact) mass is 192 g/mol. The molecule has 0 saturated carbocycles. The molecule has 12 heavy (non-hydrogen) atoms. The molecule has 4 radical (unpaired) electrons. The third kappa shape index (κ3) is 2.50. The van der Waals surface area contributed by atoms with Crippen LogP contribution in [0.5, 0.6) is 5.75 Å². The molecule has 0 heterocycles. The van der Waals surface area contributed by atoms with Gasteiger partial charge in [-0.1, -0.05) is 12.1 Å². The van der Waals surface area contributed by atoms with Gasteiger partial charge in [0, 0.05) is 5.56 Å². The van der Waals surface area contributed by atoms with E-state index in [1.54, 1.807) is 24.3 Å². The maximum Gasteiger partial charge on any atom is 0.373 e. The predicted molar refractivity (Wildman–Crippen MR) is 44.5 cm³/mol. The molecule has 0 aliphatic heterocycles. The van der Waals surface area contributed by atoms with Crippen LogP contribution in [0.2, 0.25) is 0 Å². The second-order valence-corrected chi connectivity index (χ2v) is 2.74. The van der Waals surface area contributed by atoms with E-state index in [1.165, 1.54) is 0 Å². The van der Waals surface area contributed by atoms with Crippen molar-refractivity contribution in [2.75, 3.05) is 0 Å². The van der Waals surface area contributed by atoms with Crippen molar-refractivity contribution in [3.8, 4) is 5.75 Å². The Morgan fingerprint density at radius 1 is 1.08 bits per heavy atom. The first-order chi connectivity index (χ1) is 5.77. The molecular weight excluding hydrogens is 186 g/mol. The summed E-state index contributed by atoms with van der Waals surface area (Å²) in [6.07, 6.45) is -0.430. The number of aromatic hydroxyl groups is 1. The van der Waals surface area contributed by atoms with Gasteiger partial charge in [-0.05, 0) is 12.1 Å². The molecule has 58 valence electrons. The van der Waals surface area contributed by atoms with E-state index in [2.05, 4.69) is 33.2 Å². The lowest BCUT2D eigenvalue weighted by Crippen LogP contribution is -2.04. The van der Waals surface area contributed by atoms with Crippen LogP contribution in [0.15, 0.2) is 24.3 Å². The molecule has 0 atom stereocenters. The Bertz CT molecular complexity index is 233. The minimum absolute atomic E-state index is 0.227. The highest BCUT2D eigenvalue weighted by atomic mass is 27.1. The van der Waals surface area contributed by atoms with E-state index >= 15 is 0 Å². The van der Waals surface area contributed by atoms with E-state index in [1.807, 2.05) is 0 Å². The second-order valence-electron chi connectivity index (χ2n) is 2.20. The van der Waals surface area contributed by atoms with Crippen molar-refractivity contribution in [3.05, 3.63) is 29.8 Å². The summed E-state index contributed by atoms with van der Waals surface area (Å²) in [5.41, 5.74) is 0.845. The van der Waals surface area contributed by atoms with Gasteiger partial charge in [-0.25, -0.2) is 0 Å². The van der Waals surface area contributed by atoms with Crippen LogP contribution >= 0.6 is 0 Å². The number of phenols is 1. The molecule has 0 saturated heterocycles. The summed E-state index contributed by atoms with van der Waals surface area (Å²) in [5.74, 6) is 0.227. The highest BCUT2D eigenvalue weighted by Crippen LogP contribution is 2.18. The fraction of sp³-hybridized carbons (Fsp3) is 0.143. The largest absolute Gasteiger partial charge is 0.508 e. The molecular formula is C7H6Al2O3. The number of rotatable bonds is 3. The third-order valence-corrected chi connectivity index (χ3v) is 1.91. The second kappa shape index (κ2) is 4.89. The maximum atomic E-state index is 8.99. The Balaban J connectivity index is 2.80. The average Bonchev–Trinajstić information content (AvgIpc) is 2.10. The van der Waals surface area contributed by atoms with Crippen molar-refractivity contribution in [1.82, 2.24) is 0 Å². The van der Waals surface area contributed by atoms with E-state index in [9.17, 15) is 0 Å². The topological polar surface area (TPSA) is 38.7 Å². The van der Waals surface area contributed by atoms with Crippen molar-refractivity contribution in [2.24, 2.45) is 0 Å². The zero-order valence-electron chi connectivity index (χ0n) is 6.31. The first-order valence-electron chi connectivity index (χ1n) is 3.28. The Hall–Kier alpha value is 0.00494. The van der Waals surface area contributed by atoms with E-state index in [4.69, 9.17) is 12.7 Å². The molecule has 0 spiro atoms. The normalized spacial score (nSPS) is 10.4. The van der Waals surface area contributed by atoms with Crippen LogP contribution in [0, 0.1) is 0 Å². The van der Waals surface area contributed by atoms with Gasteiger partial charge < -0.3 is 12.7 Å². The molecule has 5 heteroatoms. The summed E-state index contributed by atoms with van der Waals surface area (Å²) < 4.78 is 9.83. The van der Waals surface area contributed by atoms with Gasteiger partial charge in [0.15, 0.2) is 0 Å². The molecule has 0 unspecified atom stereocenters. The predicted octanol–water partition coefficient (Wildman–Crippen LogP) is 0.591. The standard InChI is InChI=1S/C7H6O3.2Al/c8-6-3-1-5(2-4-6)7(9)10;;/h1-4,7-8H;;/q-2;2*+1. The lowest BCUT2D eigenvalue weighted by Gasteiger charge is -2.17. The molecule has 0 bridgehead atoms. The van der Waals surface area contributed by atoms with E-state index in [-0.39, 0.29) is 5.75 Å². The van der Waals surface area contributed by atoms with Crippen LogP contribution < -0.4 is 0 Å². The van der Waals surface area contributed by atoms with Gasteiger partial charge in [0.25, 0.3) is 0 Å².